The lowest BCUT2D eigenvalue weighted by Gasteiger charge is -2.26. The summed E-state index contributed by atoms with van der Waals surface area (Å²) >= 11 is 0. The Morgan fingerprint density at radius 2 is 2.56 bits per heavy atom. The Morgan fingerprint density at radius 1 is 1.78 bits per heavy atom. The normalized spacial score (nSPS) is 36.7. The van der Waals surface area contributed by atoms with Crippen LogP contribution in [0, 0.1) is 0 Å². The Kier molecular flexibility index (Phi) is 2.45. The first-order valence-corrected chi connectivity index (χ1v) is 3.26. The van der Waals surface area contributed by atoms with Crippen molar-refractivity contribution >= 4 is 0 Å². The van der Waals surface area contributed by atoms with E-state index in [2.05, 4.69) is 5.32 Å². The van der Waals surface area contributed by atoms with Crippen LogP contribution in [0.3, 0.4) is 0 Å². The monoisotopic (exact) mass is 130 g/mol. The minimum absolute atomic E-state index is 0.0961. The molecule has 53 valence electrons. The van der Waals surface area contributed by atoms with E-state index < -0.39 is 0 Å². The van der Waals surface area contributed by atoms with Crippen LogP contribution in [0.1, 0.15) is 6.92 Å². The van der Waals surface area contributed by atoms with Crippen LogP contribution in [0.4, 0.5) is 0 Å². The number of rotatable bonds is 1. The number of morpholine rings is 1. The molecule has 0 aromatic rings. The first kappa shape index (κ1) is 6.99. The number of hydrogen-bond acceptors (Lipinski definition) is 2. The van der Waals surface area contributed by atoms with Crippen molar-refractivity contribution in [1.82, 2.24) is 5.32 Å². The van der Waals surface area contributed by atoms with Crippen LogP contribution in [0.2, 0.25) is 0 Å². The average molecular weight is 130 g/mol. The quantitative estimate of drug-likeness (QED) is 0.533. The van der Waals surface area contributed by atoms with Crippen molar-refractivity contribution in [3.05, 3.63) is 0 Å². The van der Waals surface area contributed by atoms with Gasteiger partial charge in [-0.3, -0.25) is 0 Å². The summed E-state index contributed by atoms with van der Waals surface area (Å²) in [6.07, 6.45) is -0.0961. The second-order valence-electron chi connectivity index (χ2n) is 2.43. The van der Waals surface area contributed by atoms with Crippen LogP contribution in [0.25, 0.3) is 0 Å². The number of hydrogen-bond donors (Lipinski definition) is 1. The summed E-state index contributed by atoms with van der Waals surface area (Å²) in [5.74, 6) is 0. The third-order valence-corrected chi connectivity index (χ3v) is 1.46. The maximum atomic E-state index is 10.2. The van der Waals surface area contributed by atoms with Gasteiger partial charge in [-0.05, 0) is 6.92 Å². The van der Waals surface area contributed by atoms with Crippen molar-refractivity contribution in [3.8, 4) is 0 Å². The van der Waals surface area contributed by atoms with Gasteiger partial charge in [0.15, 0.2) is 0 Å². The van der Waals surface area contributed by atoms with E-state index in [4.69, 9.17) is 4.74 Å². The molecule has 0 aromatic heterocycles. The molecule has 3 heteroatoms. The molecule has 0 amide bonds. The first-order valence-electron chi connectivity index (χ1n) is 3.26. The Labute approximate surface area is 55.0 Å². The second kappa shape index (κ2) is 3.15. The highest BCUT2D eigenvalue weighted by Gasteiger charge is 2.16. The molecule has 1 radical (unpaired) electrons. The lowest BCUT2D eigenvalue weighted by atomic mass is 10.2. The Hall–Kier alpha value is -0.120. The fourth-order valence-electron chi connectivity index (χ4n) is 0.838. The van der Waals surface area contributed by atoms with Gasteiger partial charge in [0.2, 0.25) is 0 Å². The minimum atomic E-state index is -0.125. The van der Waals surface area contributed by atoms with Gasteiger partial charge >= 0.3 is 0 Å². The maximum absolute atomic E-state index is 10.2. The molecule has 1 aliphatic rings. The topological polar surface area (TPSA) is 41.2 Å². The molecule has 9 heavy (non-hydrogen) atoms. The molecule has 1 rings (SSSR count). The van der Waals surface area contributed by atoms with Crippen LogP contribution < -0.4 is 5.32 Å². The number of nitrogens with one attached hydrogen (secondary N) is 1. The highest BCUT2D eigenvalue weighted by atomic mass is 16.5. The van der Waals surface area contributed by atoms with E-state index in [1.807, 2.05) is 6.92 Å². The predicted octanol–water partition coefficient (Wildman–Crippen LogP) is -0.206. The zero-order valence-electron chi connectivity index (χ0n) is 5.59. The van der Waals surface area contributed by atoms with E-state index in [9.17, 15) is 5.11 Å². The number of ether oxygens (including phenoxy) is 1. The van der Waals surface area contributed by atoms with Gasteiger partial charge in [-0.1, -0.05) is 0 Å². The SMILES string of the molecule is CC1COC(C[O])CN1. The van der Waals surface area contributed by atoms with Crippen LogP contribution in [0.5, 0.6) is 0 Å². The third-order valence-electron chi connectivity index (χ3n) is 1.46. The van der Waals surface area contributed by atoms with Crippen molar-refractivity contribution in [3.63, 3.8) is 0 Å². The minimum Gasteiger partial charge on any atom is -0.373 e. The summed E-state index contributed by atoms with van der Waals surface area (Å²) in [5.41, 5.74) is 0. The Bertz CT molecular complexity index is 79.1. The van der Waals surface area contributed by atoms with Gasteiger partial charge in [0.25, 0.3) is 0 Å². The largest absolute Gasteiger partial charge is 0.373 e. The lowest BCUT2D eigenvalue weighted by molar-refractivity contribution is -0.0388. The van der Waals surface area contributed by atoms with E-state index in [-0.39, 0.29) is 12.7 Å². The first-order chi connectivity index (χ1) is 4.33. The third kappa shape index (κ3) is 1.93. The van der Waals surface area contributed by atoms with Gasteiger partial charge < -0.3 is 10.1 Å². The molecule has 2 atom stereocenters. The summed E-state index contributed by atoms with van der Waals surface area (Å²) in [7, 11) is 0. The van der Waals surface area contributed by atoms with E-state index in [1.54, 1.807) is 0 Å². The molecule has 0 bridgehead atoms. The van der Waals surface area contributed by atoms with Crippen molar-refractivity contribution in [2.45, 2.75) is 19.1 Å². The summed E-state index contributed by atoms with van der Waals surface area (Å²) < 4.78 is 5.16. The molecule has 0 aromatic carbocycles. The molecule has 0 saturated carbocycles. The highest BCUT2D eigenvalue weighted by Crippen LogP contribution is 1.98. The van der Waals surface area contributed by atoms with Gasteiger partial charge in [0.05, 0.1) is 12.7 Å². The average Bonchev–Trinajstić information content (AvgIpc) is 1.90. The van der Waals surface area contributed by atoms with E-state index in [1.165, 1.54) is 0 Å². The highest BCUT2D eigenvalue weighted by molar-refractivity contribution is 4.71. The fourth-order valence-corrected chi connectivity index (χ4v) is 0.838. The Morgan fingerprint density at radius 3 is 3.00 bits per heavy atom. The Balaban J connectivity index is 2.18. The molecule has 3 nitrogen and oxygen atoms in total. The molecule has 2 unspecified atom stereocenters. The van der Waals surface area contributed by atoms with E-state index in [0.29, 0.717) is 19.2 Å². The molecule has 0 aliphatic carbocycles. The molecule has 1 N–H and O–H groups in total. The molecule has 1 heterocycles. The molecule has 1 saturated heterocycles. The van der Waals surface area contributed by atoms with Gasteiger partial charge in [0.1, 0.15) is 6.61 Å². The summed E-state index contributed by atoms with van der Waals surface area (Å²) in [5, 5.41) is 13.4. The predicted molar refractivity (Wildman–Crippen MR) is 32.8 cm³/mol. The summed E-state index contributed by atoms with van der Waals surface area (Å²) in [4.78, 5) is 0. The molecular formula is C6H12NO2. The van der Waals surface area contributed by atoms with Crippen molar-refractivity contribution in [1.29, 1.82) is 0 Å². The van der Waals surface area contributed by atoms with Crippen LogP contribution >= 0.6 is 0 Å². The molecule has 1 fully saturated rings. The second-order valence-corrected chi connectivity index (χ2v) is 2.43. The van der Waals surface area contributed by atoms with Gasteiger partial charge in [-0.15, -0.1) is 0 Å². The summed E-state index contributed by atoms with van der Waals surface area (Å²) in [6, 6.07) is 0.410. The zero-order valence-corrected chi connectivity index (χ0v) is 5.59. The van der Waals surface area contributed by atoms with Crippen molar-refractivity contribution < 1.29 is 9.84 Å². The molecule has 0 spiro atoms. The van der Waals surface area contributed by atoms with Crippen LogP contribution in [-0.4, -0.2) is 31.9 Å². The van der Waals surface area contributed by atoms with Crippen LogP contribution in [0.15, 0.2) is 0 Å². The fraction of sp³-hybridized carbons (Fsp3) is 1.00. The smallest absolute Gasteiger partial charge is 0.110 e. The van der Waals surface area contributed by atoms with E-state index >= 15 is 0 Å². The van der Waals surface area contributed by atoms with Gasteiger partial charge in [0, 0.05) is 12.6 Å². The van der Waals surface area contributed by atoms with Gasteiger partial charge in [-0.2, -0.15) is 0 Å². The summed E-state index contributed by atoms with van der Waals surface area (Å²) in [6.45, 7) is 3.30. The standard InChI is InChI=1S/C6H12NO2/c1-5-4-9-6(3-8)2-7-5/h5-7H,2-4H2,1H3. The zero-order chi connectivity index (χ0) is 6.69. The lowest BCUT2D eigenvalue weighted by Crippen LogP contribution is -2.45. The molecule has 1 aliphatic heterocycles. The van der Waals surface area contributed by atoms with Gasteiger partial charge in [-0.25, -0.2) is 5.11 Å². The van der Waals surface area contributed by atoms with Crippen molar-refractivity contribution in [2.75, 3.05) is 19.8 Å². The van der Waals surface area contributed by atoms with Crippen LogP contribution in [-0.2, 0) is 9.84 Å². The van der Waals surface area contributed by atoms with Crippen molar-refractivity contribution in [2.24, 2.45) is 0 Å². The molecular weight excluding hydrogens is 118 g/mol. The maximum Gasteiger partial charge on any atom is 0.110 e. The van der Waals surface area contributed by atoms with E-state index in [0.717, 1.165) is 0 Å².